The van der Waals surface area contributed by atoms with Crippen molar-refractivity contribution in [3.05, 3.63) is 58.3 Å². The van der Waals surface area contributed by atoms with Gasteiger partial charge in [0.1, 0.15) is 11.0 Å². The Morgan fingerprint density at radius 3 is 2.64 bits per heavy atom. The molecule has 0 radical (unpaired) electrons. The second-order valence-corrected chi connectivity index (χ2v) is 10.3. The van der Waals surface area contributed by atoms with E-state index in [1.54, 1.807) is 11.3 Å². The fourth-order valence-corrected chi connectivity index (χ4v) is 5.80. The molecule has 1 saturated heterocycles. The number of hydrogen-bond donors (Lipinski definition) is 3. The summed E-state index contributed by atoms with van der Waals surface area (Å²) < 4.78 is 2.95. The van der Waals surface area contributed by atoms with Gasteiger partial charge >= 0.3 is 0 Å². The van der Waals surface area contributed by atoms with Gasteiger partial charge in [0.05, 0.1) is 12.7 Å². The van der Waals surface area contributed by atoms with Crippen LogP contribution in [-0.4, -0.2) is 42.6 Å². The van der Waals surface area contributed by atoms with Crippen LogP contribution in [0.4, 0.5) is 5.69 Å². The number of allylic oxidation sites excluding steroid dienone is 2. The maximum atomic E-state index is 9.56. The van der Waals surface area contributed by atoms with Crippen LogP contribution in [0.15, 0.2) is 53.4 Å². The van der Waals surface area contributed by atoms with Crippen molar-refractivity contribution in [3.8, 4) is 16.5 Å². The molecule has 4 rings (SSSR count). The quantitative estimate of drug-likeness (QED) is 0.296. The molecule has 1 aliphatic rings. The molecule has 0 bridgehead atoms. The summed E-state index contributed by atoms with van der Waals surface area (Å²) in [5, 5.41) is 30.4. The van der Waals surface area contributed by atoms with Crippen molar-refractivity contribution in [3.63, 3.8) is 0 Å². The number of nitrogens with one attached hydrogen (secondary N) is 1. The number of nitrogens with zero attached hydrogens (tertiary/aromatic N) is 2. The van der Waals surface area contributed by atoms with Gasteiger partial charge in [-0.05, 0) is 90.4 Å². The summed E-state index contributed by atoms with van der Waals surface area (Å²) in [6, 6.07) is 19.8. The average Bonchev–Trinajstić information content (AvgIpc) is 3.36. The molecule has 1 unspecified atom stereocenters. The molecule has 33 heavy (non-hydrogen) atoms. The van der Waals surface area contributed by atoms with E-state index in [4.69, 9.17) is 5.11 Å². The van der Waals surface area contributed by atoms with Gasteiger partial charge in [0.25, 0.3) is 0 Å². The Labute approximate surface area is 203 Å². The SMILES string of the molecule is C/C(=C(/C#N)SNCC(O)CO)c1ccc(-c2ccc3cc(N4CCCCC4)ccc3c2)s1. The van der Waals surface area contributed by atoms with Gasteiger partial charge in [0.15, 0.2) is 0 Å². The van der Waals surface area contributed by atoms with Crippen molar-refractivity contribution < 1.29 is 10.2 Å². The Kier molecular flexibility index (Phi) is 8.07. The number of anilines is 1. The van der Waals surface area contributed by atoms with E-state index in [-0.39, 0.29) is 13.2 Å². The Morgan fingerprint density at radius 2 is 1.88 bits per heavy atom. The first-order chi connectivity index (χ1) is 16.1. The van der Waals surface area contributed by atoms with Crippen molar-refractivity contribution >= 4 is 45.3 Å². The highest BCUT2D eigenvalue weighted by molar-refractivity contribution is 8.01. The number of fused-ring (bicyclic) bond motifs is 1. The van der Waals surface area contributed by atoms with E-state index >= 15 is 0 Å². The van der Waals surface area contributed by atoms with Crippen LogP contribution >= 0.6 is 23.3 Å². The van der Waals surface area contributed by atoms with Crippen molar-refractivity contribution in [1.82, 2.24) is 4.72 Å². The van der Waals surface area contributed by atoms with E-state index in [0.717, 1.165) is 28.4 Å². The summed E-state index contributed by atoms with van der Waals surface area (Å²) in [6.07, 6.45) is 3.05. The molecule has 3 aromatic rings. The van der Waals surface area contributed by atoms with Gasteiger partial charge in [-0.1, -0.05) is 18.2 Å². The number of piperidine rings is 1. The minimum Gasteiger partial charge on any atom is -0.394 e. The largest absolute Gasteiger partial charge is 0.394 e. The lowest BCUT2D eigenvalue weighted by Gasteiger charge is -2.29. The van der Waals surface area contributed by atoms with Crippen LogP contribution < -0.4 is 9.62 Å². The number of aliphatic hydroxyl groups is 2. The summed E-state index contributed by atoms with van der Waals surface area (Å²) in [7, 11) is 0. The molecule has 7 heteroatoms. The molecule has 172 valence electrons. The molecule has 2 aromatic carbocycles. The molecule has 1 aliphatic heterocycles. The number of benzene rings is 2. The van der Waals surface area contributed by atoms with Crippen LogP contribution in [0.25, 0.3) is 26.8 Å². The van der Waals surface area contributed by atoms with Crippen molar-refractivity contribution in [2.75, 3.05) is 31.1 Å². The zero-order chi connectivity index (χ0) is 23.2. The molecule has 0 amide bonds. The lowest BCUT2D eigenvalue weighted by atomic mass is 10.0. The first-order valence-corrected chi connectivity index (χ1v) is 12.9. The molecule has 1 fully saturated rings. The minimum absolute atomic E-state index is 0.214. The standard InChI is InChI=1S/C26H29N3O2S2/c1-18(26(15-27)33-28-16-23(31)17-30)24-9-10-25(32-24)21-6-5-20-14-22(8-7-19(20)13-21)29-11-3-2-4-12-29/h5-10,13-14,23,28,30-31H,2-4,11-12,16-17H2,1H3/b26-18+. The predicted octanol–water partition coefficient (Wildman–Crippen LogP) is 5.40. The average molecular weight is 480 g/mol. The van der Waals surface area contributed by atoms with Gasteiger partial charge in [0.2, 0.25) is 0 Å². The molecular formula is C26H29N3O2S2. The molecule has 0 spiro atoms. The Balaban J connectivity index is 1.52. The molecule has 3 N–H and O–H groups in total. The van der Waals surface area contributed by atoms with E-state index in [1.165, 1.54) is 53.2 Å². The molecule has 0 saturated carbocycles. The summed E-state index contributed by atoms with van der Waals surface area (Å²) in [6.45, 7) is 4.14. The topological polar surface area (TPSA) is 79.5 Å². The molecule has 0 aliphatic carbocycles. The maximum absolute atomic E-state index is 9.56. The van der Waals surface area contributed by atoms with Gasteiger partial charge in [-0.15, -0.1) is 11.3 Å². The fraction of sp³-hybridized carbons (Fsp3) is 0.346. The summed E-state index contributed by atoms with van der Waals surface area (Å²) >= 11 is 2.86. The lowest BCUT2D eigenvalue weighted by molar-refractivity contribution is 0.0994. The molecule has 1 aromatic heterocycles. The van der Waals surface area contributed by atoms with Gasteiger partial charge in [0, 0.05) is 35.1 Å². The third-order valence-corrected chi connectivity index (χ3v) is 8.12. The highest BCUT2D eigenvalue weighted by Gasteiger charge is 2.13. The van der Waals surface area contributed by atoms with E-state index in [0.29, 0.717) is 4.91 Å². The van der Waals surface area contributed by atoms with Gasteiger partial charge < -0.3 is 15.1 Å². The van der Waals surface area contributed by atoms with Crippen LogP contribution in [0.2, 0.25) is 0 Å². The minimum atomic E-state index is -0.838. The first-order valence-electron chi connectivity index (χ1n) is 11.3. The van der Waals surface area contributed by atoms with Gasteiger partial charge in [-0.25, -0.2) is 0 Å². The second kappa shape index (κ2) is 11.2. The monoisotopic (exact) mass is 479 g/mol. The Morgan fingerprint density at radius 1 is 1.12 bits per heavy atom. The van der Waals surface area contributed by atoms with Crippen LogP contribution in [0.1, 0.15) is 31.1 Å². The lowest BCUT2D eigenvalue weighted by Crippen LogP contribution is -2.29. The van der Waals surface area contributed by atoms with Crippen molar-refractivity contribution in [1.29, 1.82) is 5.26 Å². The molecule has 2 heterocycles. The first kappa shape index (κ1) is 23.8. The van der Waals surface area contributed by atoms with Crippen molar-refractivity contribution in [2.45, 2.75) is 32.3 Å². The normalized spacial score (nSPS) is 15.9. The highest BCUT2D eigenvalue weighted by Crippen LogP contribution is 2.36. The van der Waals surface area contributed by atoms with Crippen LogP contribution in [0.5, 0.6) is 0 Å². The molecule has 1 atom stereocenters. The summed E-state index contributed by atoms with van der Waals surface area (Å²) in [5.74, 6) is 0. The number of aliphatic hydroxyl groups excluding tert-OH is 2. The number of rotatable bonds is 8. The highest BCUT2D eigenvalue weighted by atomic mass is 32.2. The maximum Gasteiger partial charge on any atom is 0.108 e. The van der Waals surface area contributed by atoms with E-state index in [2.05, 4.69) is 64.2 Å². The predicted molar refractivity (Wildman–Crippen MR) is 140 cm³/mol. The second-order valence-electron chi connectivity index (χ2n) is 8.31. The fourth-order valence-electron chi connectivity index (χ4n) is 4.00. The molecular weight excluding hydrogens is 450 g/mol. The number of hydrogen-bond acceptors (Lipinski definition) is 7. The van der Waals surface area contributed by atoms with Gasteiger partial charge in [-0.3, -0.25) is 4.72 Å². The van der Waals surface area contributed by atoms with Crippen molar-refractivity contribution in [2.24, 2.45) is 0 Å². The molecule has 5 nitrogen and oxygen atoms in total. The Hall–Kier alpha value is -2.34. The zero-order valence-electron chi connectivity index (χ0n) is 18.8. The van der Waals surface area contributed by atoms with Crippen LogP contribution in [0.3, 0.4) is 0 Å². The zero-order valence-corrected chi connectivity index (χ0v) is 20.4. The summed E-state index contributed by atoms with van der Waals surface area (Å²) in [4.78, 5) is 5.25. The number of thiophene rings is 1. The van der Waals surface area contributed by atoms with Crippen LogP contribution in [-0.2, 0) is 0 Å². The smallest absolute Gasteiger partial charge is 0.108 e. The Bertz CT molecular complexity index is 1180. The third kappa shape index (κ3) is 5.78. The van der Waals surface area contributed by atoms with Crippen LogP contribution in [0, 0.1) is 11.3 Å². The van der Waals surface area contributed by atoms with E-state index in [9.17, 15) is 10.4 Å². The third-order valence-electron chi connectivity index (χ3n) is 5.95. The number of nitriles is 1. The van der Waals surface area contributed by atoms with E-state index < -0.39 is 6.10 Å². The van der Waals surface area contributed by atoms with E-state index in [1.807, 2.05) is 6.92 Å². The van der Waals surface area contributed by atoms with Gasteiger partial charge in [-0.2, -0.15) is 5.26 Å². The summed E-state index contributed by atoms with van der Waals surface area (Å²) in [5.41, 5.74) is 3.39.